The number of nitrogens with zero attached hydrogens (tertiary/aromatic N) is 3. The van der Waals surface area contributed by atoms with Gasteiger partial charge in [0.15, 0.2) is 0 Å². The number of nitrogens with one attached hydrogen (secondary N) is 3. The molecule has 6 N–H and O–H groups in total. The number of nitrogens with two attached hydrogens (primary N) is 1. The van der Waals surface area contributed by atoms with E-state index < -0.39 is 74.1 Å². The number of carbonyl (C=O) groups excluding carboxylic acids is 6. The predicted molar refractivity (Wildman–Crippen MR) is 245 cm³/mol. The Morgan fingerprint density at radius 3 is 1.14 bits per heavy atom. The molecule has 15 heteroatoms. The van der Waals surface area contributed by atoms with E-state index in [0.29, 0.717) is 6.42 Å². The van der Waals surface area contributed by atoms with Crippen molar-refractivity contribution in [2.24, 2.45) is 5.73 Å². The zero-order valence-electron chi connectivity index (χ0n) is 36.1. The maximum atomic E-state index is 13.9. The van der Waals surface area contributed by atoms with Crippen molar-refractivity contribution in [2.45, 2.75) is 18.3 Å². The van der Waals surface area contributed by atoms with E-state index in [2.05, 4.69) is 16.0 Å². The van der Waals surface area contributed by atoms with Gasteiger partial charge in [0, 0.05) is 31.5 Å². The third-order valence-electron chi connectivity index (χ3n) is 10.7. The van der Waals surface area contributed by atoms with Crippen molar-refractivity contribution in [3.05, 3.63) is 179 Å². The molecule has 0 heterocycles. The van der Waals surface area contributed by atoms with Crippen molar-refractivity contribution in [3.63, 3.8) is 0 Å². The van der Waals surface area contributed by atoms with E-state index in [0.717, 1.165) is 27.8 Å². The minimum absolute atomic E-state index is 0.0259. The van der Waals surface area contributed by atoms with Crippen molar-refractivity contribution in [3.8, 4) is 0 Å². The van der Waals surface area contributed by atoms with Crippen LogP contribution in [0.1, 0.15) is 39.7 Å². The summed E-state index contributed by atoms with van der Waals surface area (Å²) in [6.45, 7) is -3.02. The highest BCUT2D eigenvalue weighted by Crippen LogP contribution is 2.27. The molecule has 0 fully saturated rings. The summed E-state index contributed by atoms with van der Waals surface area (Å²) in [6.07, 6.45) is 0.380. The van der Waals surface area contributed by atoms with Gasteiger partial charge in [0.25, 0.3) is 0 Å². The second-order valence-electron chi connectivity index (χ2n) is 15.3. The van der Waals surface area contributed by atoms with Gasteiger partial charge in [-0.25, -0.2) is 0 Å². The second kappa shape index (κ2) is 25.5. The van der Waals surface area contributed by atoms with Crippen LogP contribution in [0.25, 0.3) is 0 Å². The highest BCUT2D eigenvalue weighted by Gasteiger charge is 2.27. The number of hydrogen-bond donors (Lipinski definition) is 5. The Labute approximate surface area is 378 Å². The summed E-state index contributed by atoms with van der Waals surface area (Å²) in [5, 5.41) is 16.6. The smallest absolute Gasteiger partial charge is 0.322 e. The van der Waals surface area contributed by atoms with Crippen LogP contribution < -0.4 is 21.7 Å². The average molecular weight is 882 g/mol. The molecule has 338 valence electrons. The molecule has 0 aliphatic carbocycles. The lowest BCUT2D eigenvalue weighted by atomic mass is 9.90. The lowest BCUT2D eigenvalue weighted by Gasteiger charge is -2.29. The summed E-state index contributed by atoms with van der Waals surface area (Å²) in [7, 11) is 0. The minimum atomic E-state index is -1.25. The Morgan fingerprint density at radius 2 is 0.769 bits per heavy atom. The van der Waals surface area contributed by atoms with Crippen molar-refractivity contribution >= 4 is 41.4 Å². The fraction of sp³-hybridized carbons (Fsp3) is 0.260. The quantitative estimate of drug-likeness (QED) is 0.0616. The molecule has 0 atom stereocenters. The predicted octanol–water partition coefficient (Wildman–Crippen LogP) is 2.77. The number of carboxylic acids is 1. The molecule has 5 aromatic carbocycles. The summed E-state index contributed by atoms with van der Waals surface area (Å²) in [6, 6.07) is 47.3. The Hall–Kier alpha value is -7.65. The largest absolute Gasteiger partial charge is 0.480 e. The molecule has 0 unspecified atom stereocenters. The van der Waals surface area contributed by atoms with Gasteiger partial charge in [-0.3, -0.25) is 33.6 Å². The normalized spacial score (nSPS) is 10.8. The molecule has 0 saturated carbocycles. The van der Waals surface area contributed by atoms with Gasteiger partial charge in [-0.15, -0.1) is 0 Å². The van der Waals surface area contributed by atoms with Gasteiger partial charge in [0.2, 0.25) is 35.4 Å². The highest BCUT2D eigenvalue weighted by atomic mass is 16.4. The molecule has 0 aromatic heterocycles. The van der Waals surface area contributed by atoms with E-state index in [9.17, 15) is 33.6 Å². The molecule has 65 heavy (non-hydrogen) atoms. The molecule has 0 aliphatic heterocycles. The van der Waals surface area contributed by atoms with Gasteiger partial charge in [-0.1, -0.05) is 152 Å². The number of aliphatic carboxylic acids is 1. The Kier molecular flexibility index (Phi) is 18.9. The maximum absolute atomic E-state index is 13.9. The first kappa shape index (κ1) is 48.4. The molecule has 0 spiro atoms. The SMILES string of the molecule is NCC(=O)N(CC(=O)NCC(=O)N(CCc1ccccc1)CC(=O)NCC(=O)N(CC(=O)NCC(=O)O)CC(c1ccccc1)c1ccccc1)CC(c1ccccc1)c1ccccc1. The van der Waals surface area contributed by atoms with Crippen molar-refractivity contribution in [2.75, 3.05) is 65.4 Å². The van der Waals surface area contributed by atoms with Crippen LogP contribution in [0.4, 0.5) is 0 Å². The second-order valence-corrected chi connectivity index (χ2v) is 15.3. The molecule has 0 radical (unpaired) electrons. The van der Waals surface area contributed by atoms with E-state index in [-0.39, 0.29) is 44.6 Å². The summed E-state index contributed by atoms with van der Waals surface area (Å²) in [5.74, 6) is -5.51. The van der Waals surface area contributed by atoms with Gasteiger partial charge in [-0.2, -0.15) is 0 Å². The number of carboxylic acid groups (broad SMARTS) is 1. The fourth-order valence-corrected chi connectivity index (χ4v) is 7.26. The Bertz CT molecular complexity index is 2240. The molecular weight excluding hydrogens is 827 g/mol. The number of amides is 6. The number of hydrogen-bond acceptors (Lipinski definition) is 8. The zero-order chi connectivity index (χ0) is 46.4. The molecule has 5 rings (SSSR count). The number of carbonyl (C=O) groups is 7. The van der Waals surface area contributed by atoms with Crippen molar-refractivity contribution < 1.29 is 38.7 Å². The van der Waals surface area contributed by atoms with E-state index in [1.165, 1.54) is 14.7 Å². The monoisotopic (exact) mass is 881 g/mol. The lowest BCUT2D eigenvalue weighted by molar-refractivity contribution is -0.140. The van der Waals surface area contributed by atoms with Crippen molar-refractivity contribution in [1.29, 1.82) is 0 Å². The van der Waals surface area contributed by atoms with E-state index in [1.54, 1.807) is 0 Å². The van der Waals surface area contributed by atoms with Crippen LogP contribution in [0.2, 0.25) is 0 Å². The molecule has 0 aliphatic rings. The summed E-state index contributed by atoms with van der Waals surface area (Å²) >= 11 is 0. The summed E-state index contributed by atoms with van der Waals surface area (Å²) in [5.41, 5.74) is 10.3. The van der Waals surface area contributed by atoms with Gasteiger partial charge in [0.1, 0.15) is 6.54 Å². The topological polar surface area (TPSA) is 212 Å². The van der Waals surface area contributed by atoms with E-state index in [1.807, 2.05) is 152 Å². The van der Waals surface area contributed by atoms with Crippen LogP contribution >= 0.6 is 0 Å². The molecule has 15 nitrogen and oxygen atoms in total. The standard InChI is InChI=1S/C50H55N7O8/c51-28-47(61)56(32-42(38-18-8-2-9-19-38)39-20-10-3-11-21-39)35-45(59)52-29-48(62)55(27-26-37-16-6-1-7-17-37)34-44(58)53-30-49(63)57(36-46(60)54-31-50(64)65)33-43(40-22-12-4-13-23-40)41-24-14-5-15-25-41/h1-25,42-43H,26-36,51H2,(H,52,59)(H,53,58)(H,54,60)(H,64,65). The van der Waals surface area contributed by atoms with Gasteiger partial charge in [0.05, 0.1) is 39.3 Å². The fourth-order valence-electron chi connectivity index (χ4n) is 7.26. The number of rotatable bonds is 24. The third-order valence-corrected chi connectivity index (χ3v) is 10.7. The van der Waals surface area contributed by atoms with Crippen LogP contribution in [-0.4, -0.2) is 127 Å². The zero-order valence-corrected chi connectivity index (χ0v) is 36.1. The Balaban J connectivity index is 1.26. The molecule has 6 amide bonds. The van der Waals surface area contributed by atoms with Gasteiger partial charge in [-0.05, 0) is 34.2 Å². The van der Waals surface area contributed by atoms with Crippen LogP contribution in [0, 0.1) is 0 Å². The van der Waals surface area contributed by atoms with Crippen LogP contribution in [0.15, 0.2) is 152 Å². The van der Waals surface area contributed by atoms with Crippen LogP contribution in [-0.2, 0) is 40.0 Å². The van der Waals surface area contributed by atoms with E-state index in [4.69, 9.17) is 10.8 Å². The third kappa shape index (κ3) is 15.9. The van der Waals surface area contributed by atoms with Crippen LogP contribution in [0.5, 0.6) is 0 Å². The van der Waals surface area contributed by atoms with Crippen LogP contribution in [0.3, 0.4) is 0 Å². The minimum Gasteiger partial charge on any atom is -0.480 e. The first-order valence-electron chi connectivity index (χ1n) is 21.3. The first-order valence-corrected chi connectivity index (χ1v) is 21.3. The summed E-state index contributed by atoms with van der Waals surface area (Å²) < 4.78 is 0. The summed E-state index contributed by atoms with van der Waals surface area (Å²) in [4.78, 5) is 95.6. The molecule has 5 aromatic rings. The van der Waals surface area contributed by atoms with E-state index >= 15 is 0 Å². The molecular formula is C50H55N7O8. The average Bonchev–Trinajstić information content (AvgIpc) is 3.34. The molecule has 0 bridgehead atoms. The van der Waals surface area contributed by atoms with Gasteiger partial charge >= 0.3 is 5.97 Å². The van der Waals surface area contributed by atoms with Gasteiger partial charge < -0.3 is 41.5 Å². The Morgan fingerprint density at radius 1 is 0.446 bits per heavy atom. The first-order chi connectivity index (χ1) is 31.5. The molecule has 0 saturated heterocycles. The van der Waals surface area contributed by atoms with Crippen molar-refractivity contribution in [1.82, 2.24) is 30.7 Å². The lowest BCUT2D eigenvalue weighted by Crippen LogP contribution is -2.50. The maximum Gasteiger partial charge on any atom is 0.322 e. The number of benzene rings is 5. The highest BCUT2D eigenvalue weighted by molar-refractivity contribution is 5.92.